The fraction of sp³-hybridized carbons (Fsp3) is 0.0588. The van der Waals surface area contributed by atoms with Crippen molar-refractivity contribution in [3.63, 3.8) is 0 Å². The van der Waals surface area contributed by atoms with Crippen molar-refractivity contribution in [1.29, 1.82) is 0 Å². The molecule has 122 valence electrons. The Hall–Kier alpha value is -3.48. The lowest BCUT2D eigenvalue weighted by Gasteiger charge is -2.03. The zero-order valence-corrected chi connectivity index (χ0v) is 12.7. The lowest BCUT2D eigenvalue weighted by molar-refractivity contribution is -0.384. The fourth-order valence-corrected chi connectivity index (χ4v) is 1.83. The summed E-state index contributed by atoms with van der Waals surface area (Å²) in [4.78, 5) is 22.1. The first-order valence-electron chi connectivity index (χ1n) is 7.02. The molecule has 0 bridgehead atoms. The van der Waals surface area contributed by atoms with Gasteiger partial charge in [-0.3, -0.25) is 14.9 Å². The van der Waals surface area contributed by atoms with Crippen molar-refractivity contribution in [3.8, 4) is 5.75 Å². The number of amides is 1. The minimum atomic E-state index is -0.561. The highest BCUT2D eigenvalue weighted by atomic mass is 16.6. The van der Waals surface area contributed by atoms with Crippen molar-refractivity contribution in [2.45, 2.75) is 0 Å². The third-order valence-corrected chi connectivity index (χ3v) is 2.92. The number of benzene rings is 2. The zero-order chi connectivity index (χ0) is 17.4. The van der Waals surface area contributed by atoms with E-state index < -0.39 is 10.8 Å². The van der Waals surface area contributed by atoms with Gasteiger partial charge in [0.1, 0.15) is 12.4 Å². The number of rotatable bonds is 7. The van der Waals surface area contributed by atoms with Gasteiger partial charge in [-0.25, -0.2) is 5.43 Å². The Balaban J connectivity index is 2.00. The van der Waals surface area contributed by atoms with E-state index in [2.05, 4.69) is 17.1 Å². The molecule has 0 atom stereocenters. The number of hydrogen-bond acceptors (Lipinski definition) is 5. The molecule has 0 saturated carbocycles. The Bertz CT molecular complexity index is 787. The molecule has 24 heavy (non-hydrogen) atoms. The minimum Gasteiger partial charge on any atom is -0.490 e. The summed E-state index contributed by atoms with van der Waals surface area (Å²) in [5.41, 5.74) is 3.06. The number of carbonyl (C=O) groups excluding carboxylic acids is 1. The summed E-state index contributed by atoms with van der Waals surface area (Å²) in [5, 5.41) is 14.6. The Morgan fingerprint density at radius 2 is 2.08 bits per heavy atom. The molecule has 0 fully saturated rings. The van der Waals surface area contributed by atoms with Gasteiger partial charge in [0.25, 0.3) is 11.6 Å². The normalized spacial score (nSPS) is 10.3. The predicted molar refractivity (Wildman–Crippen MR) is 90.3 cm³/mol. The monoisotopic (exact) mass is 325 g/mol. The van der Waals surface area contributed by atoms with E-state index in [9.17, 15) is 14.9 Å². The molecule has 0 saturated heterocycles. The molecule has 0 radical (unpaired) electrons. The number of hydrazone groups is 1. The van der Waals surface area contributed by atoms with Crippen LogP contribution in [0.1, 0.15) is 15.9 Å². The van der Waals surface area contributed by atoms with E-state index >= 15 is 0 Å². The molecule has 0 aromatic heterocycles. The number of nitrogens with zero attached hydrogens (tertiary/aromatic N) is 2. The highest BCUT2D eigenvalue weighted by Crippen LogP contribution is 2.13. The van der Waals surface area contributed by atoms with Gasteiger partial charge in [-0.05, 0) is 23.8 Å². The number of hydrogen-bond donors (Lipinski definition) is 1. The molecule has 0 aliphatic heterocycles. The van der Waals surface area contributed by atoms with Crippen LogP contribution in [0.2, 0.25) is 0 Å². The molecule has 0 aliphatic carbocycles. The molecule has 0 heterocycles. The van der Waals surface area contributed by atoms with Gasteiger partial charge in [-0.2, -0.15) is 5.10 Å². The van der Waals surface area contributed by atoms with E-state index in [0.29, 0.717) is 12.4 Å². The van der Waals surface area contributed by atoms with Crippen LogP contribution in [0.4, 0.5) is 5.69 Å². The summed E-state index contributed by atoms with van der Waals surface area (Å²) < 4.78 is 5.40. The summed E-state index contributed by atoms with van der Waals surface area (Å²) in [7, 11) is 0. The minimum absolute atomic E-state index is 0.154. The summed E-state index contributed by atoms with van der Waals surface area (Å²) >= 11 is 0. The number of non-ortho nitro benzene ring substituents is 1. The zero-order valence-electron chi connectivity index (χ0n) is 12.7. The Kier molecular flexibility index (Phi) is 5.79. The average molecular weight is 325 g/mol. The highest BCUT2D eigenvalue weighted by molar-refractivity contribution is 5.95. The maximum absolute atomic E-state index is 11.9. The van der Waals surface area contributed by atoms with Crippen molar-refractivity contribution < 1.29 is 14.5 Å². The molecular weight excluding hydrogens is 310 g/mol. The molecule has 7 nitrogen and oxygen atoms in total. The molecule has 0 unspecified atom stereocenters. The van der Waals surface area contributed by atoms with Crippen molar-refractivity contribution in [2.24, 2.45) is 5.10 Å². The first kappa shape index (κ1) is 16.9. The first-order valence-corrected chi connectivity index (χ1v) is 7.02. The molecule has 7 heteroatoms. The van der Waals surface area contributed by atoms with E-state index in [-0.39, 0.29) is 11.3 Å². The van der Waals surface area contributed by atoms with Crippen LogP contribution in [0.25, 0.3) is 0 Å². The number of nitro benzene ring substituents is 1. The maximum Gasteiger partial charge on any atom is 0.271 e. The predicted octanol–water partition coefficient (Wildman–Crippen LogP) is 2.92. The topological polar surface area (TPSA) is 93.8 Å². The van der Waals surface area contributed by atoms with Gasteiger partial charge in [0.2, 0.25) is 0 Å². The van der Waals surface area contributed by atoms with Crippen LogP contribution in [0.5, 0.6) is 5.75 Å². The van der Waals surface area contributed by atoms with Crippen LogP contribution < -0.4 is 10.2 Å². The molecule has 2 aromatic carbocycles. The summed E-state index contributed by atoms with van der Waals surface area (Å²) in [6.45, 7) is 3.97. The van der Waals surface area contributed by atoms with Crippen molar-refractivity contribution in [3.05, 3.63) is 82.4 Å². The highest BCUT2D eigenvalue weighted by Gasteiger charge is 2.10. The quantitative estimate of drug-likeness (QED) is 0.366. The second kappa shape index (κ2) is 8.23. The third-order valence-electron chi connectivity index (χ3n) is 2.92. The standard InChI is InChI=1S/C17H15N3O4/c1-2-9-24-16-8-3-5-13(10-16)12-18-19-17(21)14-6-4-7-15(11-14)20(22)23/h2-8,10-12H,1,9H2,(H,19,21)/b18-12+. The van der Waals surface area contributed by atoms with E-state index in [1.54, 1.807) is 30.3 Å². The summed E-state index contributed by atoms with van der Waals surface area (Å²) in [5.74, 6) is 0.123. The molecule has 1 N–H and O–H groups in total. The van der Waals surface area contributed by atoms with Gasteiger partial charge in [-0.15, -0.1) is 0 Å². The number of nitro groups is 1. The smallest absolute Gasteiger partial charge is 0.271 e. The lowest BCUT2D eigenvalue weighted by Crippen LogP contribution is -2.17. The van der Waals surface area contributed by atoms with Crippen molar-refractivity contribution >= 4 is 17.8 Å². The largest absolute Gasteiger partial charge is 0.490 e. The molecule has 0 spiro atoms. The van der Waals surface area contributed by atoms with Gasteiger partial charge in [0.05, 0.1) is 11.1 Å². The molecular formula is C17H15N3O4. The van der Waals surface area contributed by atoms with Crippen molar-refractivity contribution in [1.82, 2.24) is 5.43 Å². The van der Waals surface area contributed by atoms with E-state index in [4.69, 9.17) is 4.74 Å². The second-order valence-corrected chi connectivity index (χ2v) is 4.68. The number of carbonyl (C=O) groups is 1. The van der Waals surface area contributed by atoms with Crippen LogP contribution in [-0.2, 0) is 0 Å². The van der Waals surface area contributed by atoms with E-state index in [1.165, 1.54) is 30.5 Å². The van der Waals surface area contributed by atoms with Gasteiger partial charge in [-0.1, -0.05) is 30.9 Å². The Labute approximate surface area is 138 Å². The maximum atomic E-state index is 11.9. The number of ether oxygens (including phenoxy) is 1. The van der Waals surface area contributed by atoms with Crippen LogP contribution in [0.15, 0.2) is 66.3 Å². The number of nitrogens with one attached hydrogen (secondary N) is 1. The SMILES string of the molecule is C=CCOc1cccc(/C=N/NC(=O)c2cccc([N+](=O)[O-])c2)c1. The van der Waals surface area contributed by atoms with E-state index in [0.717, 1.165) is 5.56 Å². The van der Waals surface area contributed by atoms with Gasteiger partial charge in [0, 0.05) is 17.7 Å². The Morgan fingerprint density at radius 1 is 1.29 bits per heavy atom. The molecule has 2 rings (SSSR count). The van der Waals surface area contributed by atoms with Gasteiger partial charge >= 0.3 is 0 Å². The first-order chi connectivity index (χ1) is 11.6. The van der Waals surface area contributed by atoms with Gasteiger partial charge in [0.15, 0.2) is 0 Å². The second-order valence-electron chi connectivity index (χ2n) is 4.68. The molecule has 0 aliphatic rings. The lowest BCUT2D eigenvalue weighted by atomic mass is 10.2. The fourth-order valence-electron chi connectivity index (χ4n) is 1.83. The summed E-state index contributed by atoms with van der Waals surface area (Å²) in [6, 6.07) is 12.6. The molecule has 1 amide bonds. The average Bonchev–Trinajstić information content (AvgIpc) is 2.60. The van der Waals surface area contributed by atoms with E-state index in [1.807, 2.05) is 0 Å². The van der Waals surface area contributed by atoms with Crippen LogP contribution in [0.3, 0.4) is 0 Å². The van der Waals surface area contributed by atoms with Crippen molar-refractivity contribution in [2.75, 3.05) is 6.61 Å². The van der Waals surface area contributed by atoms with Gasteiger partial charge < -0.3 is 4.74 Å². The van der Waals surface area contributed by atoms with Crippen LogP contribution in [-0.4, -0.2) is 23.7 Å². The van der Waals surface area contributed by atoms with Crippen LogP contribution >= 0.6 is 0 Å². The van der Waals surface area contributed by atoms with Crippen LogP contribution in [0, 0.1) is 10.1 Å². The third kappa shape index (κ3) is 4.77. The summed E-state index contributed by atoms with van der Waals surface area (Å²) in [6.07, 6.45) is 3.09. The molecule has 2 aromatic rings. The Morgan fingerprint density at radius 3 is 2.83 bits per heavy atom.